The fraction of sp³-hybridized carbons (Fsp3) is 0.250. The fourth-order valence-corrected chi connectivity index (χ4v) is 2.17. The van der Waals surface area contributed by atoms with E-state index in [0.29, 0.717) is 6.04 Å². The minimum absolute atomic E-state index is 0.300. The molecule has 1 aromatic heterocycles. The maximum atomic E-state index is 4.11. The summed E-state index contributed by atoms with van der Waals surface area (Å²) in [7, 11) is 0. The van der Waals surface area contributed by atoms with Crippen molar-refractivity contribution in [1.29, 1.82) is 0 Å². The molecule has 0 amide bonds. The number of aromatic nitrogens is 2. The number of hydrogen-bond donors (Lipinski definition) is 2. The predicted octanol–water partition coefficient (Wildman–Crippen LogP) is 1.64. The first-order chi connectivity index (χ1) is 7.45. The van der Waals surface area contributed by atoms with Crippen molar-refractivity contribution < 1.29 is 0 Å². The molecule has 2 heterocycles. The molecule has 1 atom stereocenters. The van der Waals surface area contributed by atoms with Crippen LogP contribution in [0.3, 0.4) is 0 Å². The van der Waals surface area contributed by atoms with Crippen LogP contribution >= 0.6 is 0 Å². The Morgan fingerprint density at radius 3 is 2.93 bits per heavy atom. The van der Waals surface area contributed by atoms with Crippen molar-refractivity contribution in [2.75, 3.05) is 6.54 Å². The van der Waals surface area contributed by atoms with Gasteiger partial charge >= 0.3 is 0 Å². The molecule has 1 aliphatic heterocycles. The van der Waals surface area contributed by atoms with Gasteiger partial charge in [-0.1, -0.05) is 30.3 Å². The van der Waals surface area contributed by atoms with Gasteiger partial charge in [-0.15, -0.1) is 0 Å². The molecule has 0 fully saturated rings. The van der Waals surface area contributed by atoms with Crippen molar-refractivity contribution in [1.82, 2.24) is 15.5 Å². The van der Waals surface area contributed by atoms with E-state index in [4.69, 9.17) is 0 Å². The largest absolute Gasteiger partial charge is 0.306 e. The Bertz CT molecular complexity index is 447. The Hall–Kier alpha value is -1.61. The fourth-order valence-electron chi connectivity index (χ4n) is 2.17. The first kappa shape index (κ1) is 8.68. The number of H-pyrrole nitrogens is 1. The summed E-state index contributed by atoms with van der Waals surface area (Å²) in [6.07, 6.45) is 2.97. The van der Waals surface area contributed by atoms with Crippen molar-refractivity contribution in [3.8, 4) is 0 Å². The van der Waals surface area contributed by atoms with E-state index in [-0.39, 0.29) is 0 Å². The molecule has 2 N–H and O–H groups in total. The molecule has 3 rings (SSSR count). The van der Waals surface area contributed by atoms with Crippen molar-refractivity contribution in [3.63, 3.8) is 0 Å². The van der Waals surface area contributed by atoms with Gasteiger partial charge in [-0.05, 0) is 5.56 Å². The van der Waals surface area contributed by atoms with E-state index in [1.807, 2.05) is 12.3 Å². The van der Waals surface area contributed by atoms with Crippen molar-refractivity contribution in [2.24, 2.45) is 0 Å². The van der Waals surface area contributed by atoms with Gasteiger partial charge in [0.25, 0.3) is 0 Å². The van der Waals surface area contributed by atoms with Gasteiger partial charge in [-0.2, -0.15) is 5.10 Å². The molecule has 0 saturated heterocycles. The highest BCUT2D eigenvalue weighted by Gasteiger charge is 2.22. The zero-order valence-electron chi connectivity index (χ0n) is 8.40. The highest BCUT2D eigenvalue weighted by molar-refractivity contribution is 5.34. The van der Waals surface area contributed by atoms with Crippen molar-refractivity contribution in [2.45, 2.75) is 12.5 Å². The standard InChI is InChI=1S/C12H13N3/c1-2-4-9(5-3-1)12-10-8-14-15-11(10)6-7-13-12/h1-5,8,12-13H,6-7H2,(H,14,15). The van der Waals surface area contributed by atoms with E-state index in [1.165, 1.54) is 16.8 Å². The van der Waals surface area contributed by atoms with Gasteiger partial charge in [0.15, 0.2) is 0 Å². The Balaban J connectivity index is 2.03. The molecule has 76 valence electrons. The Morgan fingerprint density at radius 1 is 1.20 bits per heavy atom. The summed E-state index contributed by atoms with van der Waals surface area (Å²) in [4.78, 5) is 0. The lowest BCUT2D eigenvalue weighted by Gasteiger charge is -2.23. The number of hydrogen-bond acceptors (Lipinski definition) is 2. The van der Waals surface area contributed by atoms with Crippen LogP contribution in [0, 0.1) is 0 Å². The topological polar surface area (TPSA) is 40.7 Å². The van der Waals surface area contributed by atoms with E-state index < -0.39 is 0 Å². The zero-order valence-corrected chi connectivity index (χ0v) is 8.40. The van der Waals surface area contributed by atoms with Gasteiger partial charge in [0.1, 0.15) is 0 Å². The molecule has 0 aliphatic carbocycles. The molecule has 0 saturated carbocycles. The normalized spacial score (nSPS) is 19.9. The van der Waals surface area contributed by atoms with Gasteiger partial charge in [0, 0.05) is 24.2 Å². The highest BCUT2D eigenvalue weighted by atomic mass is 15.1. The average Bonchev–Trinajstić information content (AvgIpc) is 2.78. The van der Waals surface area contributed by atoms with Crippen molar-refractivity contribution >= 4 is 0 Å². The molecule has 1 aliphatic rings. The quantitative estimate of drug-likeness (QED) is 0.733. The van der Waals surface area contributed by atoms with Crippen LogP contribution in [0.4, 0.5) is 0 Å². The van der Waals surface area contributed by atoms with Gasteiger partial charge in [0.05, 0.1) is 12.2 Å². The summed E-state index contributed by atoms with van der Waals surface area (Å²) in [6.45, 7) is 1.01. The smallest absolute Gasteiger partial charge is 0.0610 e. The Labute approximate surface area is 88.5 Å². The third-order valence-electron chi connectivity index (χ3n) is 2.92. The maximum Gasteiger partial charge on any atom is 0.0610 e. The van der Waals surface area contributed by atoms with E-state index in [0.717, 1.165) is 13.0 Å². The van der Waals surface area contributed by atoms with E-state index in [1.54, 1.807) is 0 Å². The molecule has 0 spiro atoms. The summed E-state index contributed by atoms with van der Waals surface area (Å²) in [5.74, 6) is 0. The molecule has 1 aromatic carbocycles. The molecule has 1 unspecified atom stereocenters. The van der Waals surface area contributed by atoms with E-state index >= 15 is 0 Å². The van der Waals surface area contributed by atoms with Gasteiger partial charge in [-0.25, -0.2) is 0 Å². The lowest BCUT2D eigenvalue weighted by Crippen LogP contribution is -2.29. The van der Waals surface area contributed by atoms with Gasteiger partial charge in [-0.3, -0.25) is 5.10 Å². The van der Waals surface area contributed by atoms with Gasteiger partial charge in [0.2, 0.25) is 0 Å². The number of aromatic amines is 1. The lowest BCUT2D eigenvalue weighted by atomic mass is 9.95. The number of rotatable bonds is 1. The molecule has 3 nitrogen and oxygen atoms in total. The van der Waals surface area contributed by atoms with Crippen LogP contribution in [0.2, 0.25) is 0 Å². The minimum Gasteiger partial charge on any atom is -0.306 e. The SMILES string of the molecule is c1ccc(C2NCCc3[nH]ncc32)cc1. The third-order valence-corrected chi connectivity index (χ3v) is 2.92. The van der Waals surface area contributed by atoms with Crippen molar-refractivity contribution in [3.05, 3.63) is 53.3 Å². The van der Waals surface area contributed by atoms with Crippen LogP contribution in [0.25, 0.3) is 0 Å². The lowest BCUT2D eigenvalue weighted by molar-refractivity contribution is 0.564. The number of nitrogens with zero attached hydrogens (tertiary/aromatic N) is 1. The predicted molar refractivity (Wildman–Crippen MR) is 58.6 cm³/mol. The first-order valence-electron chi connectivity index (χ1n) is 5.25. The zero-order chi connectivity index (χ0) is 10.1. The molecular formula is C12H13N3. The first-order valence-corrected chi connectivity index (χ1v) is 5.25. The summed E-state index contributed by atoms with van der Waals surface area (Å²) < 4.78 is 0. The van der Waals surface area contributed by atoms with E-state index in [9.17, 15) is 0 Å². The van der Waals surface area contributed by atoms with E-state index in [2.05, 4.69) is 39.8 Å². The molecular weight excluding hydrogens is 186 g/mol. The maximum absolute atomic E-state index is 4.11. The molecule has 15 heavy (non-hydrogen) atoms. The monoisotopic (exact) mass is 199 g/mol. The van der Waals surface area contributed by atoms with Crippen LogP contribution in [0.1, 0.15) is 22.9 Å². The molecule has 3 heteroatoms. The minimum atomic E-state index is 0.300. The van der Waals surface area contributed by atoms with Gasteiger partial charge < -0.3 is 5.32 Å². The summed E-state index contributed by atoms with van der Waals surface area (Å²) in [5.41, 5.74) is 3.86. The summed E-state index contributed by atoms with van der Waals surface area (Å²) >= 11 is 0. The number of fused-ring (bicyclic) bond motifs is 1. The average molecular weight is 199 g/mol. The van der Waals surface area contributed by atoms with Crippen LogP contribution < -0.4 is 5.32 Å². The van der Waals surface area contributed by atoms with Crippen LogP contribution in [-0.2, 0) is 6.42 Å². The number of benzene rings is 1. The second kappa shape index (κ2) is 3.51. The summed E-state index contributed by atoms with van der Waals surface area (Å²) in [5, 5.41) is 10.7. The second-order valence-corrected chi connectivity index (χ2v) is 3.85. The van der Waals surface area contributed by atoms with Crippen LogP contribution in [0.5, 0.6) is 0 Å². The van der Waals surface area contributed by atoms with Crippen LogP contribution in [0.15, 0.2) is 36.5 Å². The summed E-state index contributed by atoms with van der Waals surface area (Å²) in [6, 6.07) is 10.8. The third kappa shape index (κ3) is 1.45. The Morgan fingerprint density at radius 2 is 2.07 bits per heavy atom. The Kier molecular flexibility index (Phi) is 2.03. The molecule has 0 radical (unpaired) electrons. The number of nitrogens with one attached hydrogen (secondary N) is 2. The second-order valence-electron chi connectivity index (χ2n) is 3.85. The molecule has 0 bridgehead atoms. The molecule has 2 aromatic rings. The van der Waals surface area contributed by atoms with Crippen LogP contribution in [-0.4, -0.2) is 16.7 Å². The highest BCUT2D eigenvalue weighted by Crippen LogP contribution is 2.26.